The van der Waals surface area contributed by atoms with Crippen LogP contribution < -0.4 is 10.6 Å². The van der Waals surface area contributed by atoms with Crippen molar-refractivity contribution in [3.63, 3.8) is 0 Å². The van der Waals surface area contributed by atoms with Crippen molar-refractivity contribution < 1.29 is 19.1 Å². The normalized spacial score (nSPS) is 17.4. The van der Waals surface area contributed by atoms with Crippen molar-refractivity contribution in [2.45, 2.75) is 57.8 Å². The summed E-state index contributed by atoms with van der Waals surface area (Å²) in [7, 11) is 0. The maximum atomic E-state index is 13.7. The molecule has 0 unspecified atom stereocenters. The fourth-order valence-corrected chi connectivity index (χ4v) is 6.47. The minimum absolute atomic E-state index is 0.0214. The molecule has 232 valence electrons. The lowest BCUT2D eigenvalue weighted by Crippen LogP contribution is -2.39. The lowest BCUT2D eigenvalue weighted by atomic mass is 10.1. The van der Waals surface area contributed by atoms with Gasteiger partial charge in [0.15, 0.2) is 0 Å². The number of hydrogen-bond donors (Lipinski definition) is 3. The summed E-state index contributed by atoms with van der Waals surface area (Å²) in [5.74, 6) is -0.530. The zero-order valence-electron chi connectivity index (χ0n) is 24.9. The monoisotopic (exact) mass is 627 g/mol. The molecule has 0 bridgehead atoms. The predicted octanol–water partition coefficient (Wildman–Crippen LogP) is 4.87. The summed E-state index contributed by atoms with van der Waals surface area (Å²) in [6, 6.07) is 14.2. The number of amides is 2. The Kier molecular flexibility index (Phi) is 9.02. The molecule has 3 aromatic heterocycles. The zero-order valence-corrected chi connectivity index (χ0v) is 25.7. The number of fused-ring (bicyclic) bond motifs is 1. The number of carbonyl (C=O) groups excluding carboxylic acids is 2. The van der Waals surface area contributed by atoms with Gasteiger partial charge in [0.25, 0.3) is 11.8 Å². The number of anilines is 1. The number of likely N-dealkylation sites (tertiary alicyclic amines) is 1. The van der Waals surface area contributed by atoms with Crippen LogP contribution in [0.4, 0.5) is 10.3 Å². The number of nitrogens with zero attached hydrogens (tertiary/aromatic N) is 5. The van der Waals surface area contributed by atoms with Gasteiger partial charge < -0.3 is 19.9 Å². The van der Waals surface area contributed by atoms with Gasteiger partial charge in [0.1, 0.15) is 11.6 Å². The third-order valence-electron chi connectivity index (χ3n) is 8.21. The molecule has 6 rings (SSSR count). The molecular formula is C33H34FN7O3S. The van der Waals surface area contributed by atoms with E-state index in [0.717, 1.165) is 41.6 Å². The molecular weight excluding hydrogens is 593 g/mol. The van der Waals surface area contributed by atoms with E-state index in [1.54, 1.807) is 29.2 Å². The third-order valence-corrected chi connectivity index (χ3v) is 9.35. The van der Waals surface area contributed by atoms with E-state index < -0.39 is 5.95 Å². The van der Waals surface area contributed by atoms with Gasteiger partial charge in [-0.3, -0.25) is 14.9 Å². The number of aliphatic hydroxyl groups excluding tert-OH is 1. The van der Waals surface area contributed by atoms with Crippen LogP contribution in [0.3, 0.4) is 0 Å². The van der Waals surface area contributed by atoms with Crippen molar-refractivity contribution in [2.24, 2.45) is 5.92 Å². The average molecular weight is 628 g/mol. The molecule has 2 aliphatic rings. The van der Waals surface area contributed by atoms with Gasteiger partial charge >= 0.3 is 0 Å². The van der Waals surface area contributed by atoms with Crippen LogP contribution in [0.2, 0.25) is 0 Å². The molecule has 0 radical (unpaired) electrons. The zero-order chi connectivity index (χ0) is 31.5. The number of benzene rings is 1. The van der Waals surface area contributed by atoms with E-state index in [2.05, 4.69) is 21.7 Å². The van der Waals surface area contributed by atoms with Crippen LogP contribution in [0.1, 0.15) is 47.8 Å². The van der Waals surface area contributed by atoms with Crippen molar-refractivity contribution in [3.05, 3.63) is 76.7 Å². The molecule has 0 spiro atoms. The number of aromatic nitrogens is 3. The first kappa shape index (κ1) is 30.6. The minimum atomic E-state index is -0.592. The Morgan fingerprint density at radius 2 is 2.07 bits per heavy atom. The molecule has 1 saturated carbocycles. The van der Waals surface area contributed by atoms with Crippen LogP contribution >= 0.6 is 11.3 Å². The molecule has 4 heterocycles. The smallest absolute Gasteiger partial charge is 0.268 e. The van der Waals surface area contributed by atoms with E-state index in [4.69, 9.17) is 4.98 Å². The van der Waals surface area contributed by atoms with Gasteiger partial charge in [-0.25, -0.2) is 9.97 Å². The summed E-state index contributed by atoms with van der Waals surface area (Å²) in [5.41, 5.74) is 3.29. The second kappa shape index (κ2) is 13.3. The Morgan fingerprint density at radius 1 is 1.22 bits per heavy atom. The Morgan fingerprint density at radius 3 is 2.82 bits per heavy atom. The highest BCUT2D eigenvalue weighted by Crippen LogP contribution is 2.33. The maximum absolute atomic E-state index is 13.7. The van der Waals surface area contributed by atoms with Crippen molar-refractivity contribution >= 4 is 40.1 Å². The molecule has 3 N–H and O–H groups in total. The first-order valence-electron chi connectivity index (χ1n) is 15.1. The summed E-state index contributed by atoms with van der Waals surface area (Å²) in [6.07, 6.45) is 6.79. The molecule has 2 atom stereocenters. The quantitative estimate of drug-likeness (QED) is 0.123. The van der Waals surface area contributed by atoms with Gasteiger partial charge in [0, 0.05) is 42.8 Å². The van der Waals surface area contributed by atoms with Gasteiger partial charge in [0.2, 0.25) is 11.9 Å². The number of pyridine rings is 1. The number of rotatable bonds is 11. The summed E-state index contributed by atoms with van der Waals surface area (Å²) < 4.78 is 15.6. The fourth-order valence-electron chi connectivity index (χ4n) is 5.57. The molecule has 45 heavy (non-hydrogen) atoms. The predicted molar refractivity (Wildman–Crippen MR) is 170 cm³/mol. The highest BCUT2D eigenvalue weighted by molar-refractivity contribution is 7.17. The molecule has 12 heteroatoms. The molecule has 2 amide bonds. The molecule has 1 saturated heterocycles. The highest BCUT2D eigenvalue weighted by atomic mass is 32.1. The van der Waals surface area contributed by atoms with E-state index in [-0.39, 0.29) is 36.1 Å². The lowest BCUT2D eigenvalue weighted by molar-refractivity contribution is -0.127. The maximum Gasteiger partial charge on any atom is 0.268 e. The Hall–Kier alpha value is -4.44. The fraction of sp³-hybridized carbons (Fsp3) is 0.364. The van der Waals surface area contributed by atoms with E-state index in [9.17, 15) is 24.3 Å². The van der Waals surface area contributed by atoms with Gasteiger partial charge in [0.05, 0.1) is 28.6 Å². The molecule has 1 aliphatic heterocycles. The first-order valence-corrected chi connectivity index (χ1v) is 15.9. The van der Waals surface area contributed by atoms with Crippen molar-refractivity contribution in [2.75, 3.05) is 18.5 Å². The summed E-state index contributed by atoms with van der Waals surface area (Å²) in [6.45, 7) is 3.41. The number of allylic oxidation sites excluding steroid dienone is 1. The van der Waals surface area contributed by atoms with E-state index in [0.29, 0.717) is 47.5 Å². The van der Waals surface area contributed by atoms with Crippen LogP contribution in [0.15, 0.2) is 60.3 Å². The van der Waals surface area contributed by atoms with Crippen molar-refractivity contribution in [1.29, 1.82) is 5.26 Å². The third kappa shape index (κ3) is 6.96. The van der Waals surface area contributed by atoms with Gasteiger partial charge in [-0.2, -0.15) is 9.65 Å². The van der Waals surface area contributed by atoms with Gasteiger partial charge in [-0.1, -0.05) is 12.1 Å². The van der Waals surface area contributed by atoms with E-state index in [1.807, 2.05) is 29.7 Å². The summed E-state index contributed by atoms with van der Waals surface area (Å²) >= 11 is 1.24. The highest BCUT2D eigenvalue weighted by Gasteiger charge is 2.33. The summed E-state index contributed by atoms with van der Waals surface area (Å²) in [5, 5.41) is 25.3. The lowest BCUT2D eigenvalue weighted by Gasteiger charge is -2.26. The number of thiophene rings is 1. The largest absolute Gasteiger partial charge is 0.395 e. The molecule has 1 aliphatic carbocycles. The van der Waals surface area contributed by atoms with Gasteiger partial charge in [-0.05, 0) is 80.0 Å². The van der Waals surface area contributed by atoms with Crippen LogP contribution in [0, 0.1) is 23.2 Å². The second-order valence-electron chi connectivity index (χ2n) is 11.6. The van der Waals surface area contributed by atoms with Gasteiger partial charge in [-0.15, -0.1) is 11.3 Å². The topological polar surface area (TPSA) is 136 Å². The number of aliphatic hydroxyl groups is 1. The molecule has 2 fully saturated rings. The molecule has 1 aromatic carbocycles. The average Bonchev–Trinajstić information content (AvgIpc) is 3.39. The van der Waals surface area contributed by atoms with E-state index >= 15 is 0 Å². The summed E-state index contributed by atoms with van der Waals surface area (Å²) in [4.78, 5) is 38.3. The first-order chi connectivity index (χ1) is 21.8. The van der Waals surface area contributed by atoms with E-state index in [1.165, 1.54) is 23.6 Å². The standard InChI is InChI=1S/C33H34FN7O3S/c1-20(19-42)37-17-22-6-7-27-26(14-22)38-33(39-31(43)29-9-8-28(45-29)23-10-11-36-30(34)15-23)41(27)18-25-3-2-12-40(25)32(44)24(16-35)13-21-4-5-21/h6-11,13-15,20-21,25,37,42H,2-5,12,17-19H2,1H3,(H,38,39,43)/t20-,25-/m1/s1. The number of nitriles is 1. The number of imidazole rings is 1. The van der Waals surface area contributed by atoms with Crippen LogP contribution in [-0.4, -0.2) is 61.6 Å². The number of halogens is 1. The molecule has 10 nitrogen and oxygen atoms in total. The van der Waals surface area contributed by atoms with Crippen molar-refractivity contribution in [3.8, 4) is 16.5 Å². The van der Waals surface area contributed by atoms with Crippen LogP contribution in [0.5, 0.6) is 0 Å². The molecule has 4 aromatic rings. The van der Waals surface area contributed by atoms with Crippen molar-refractivity contribution in [1.82, 2.24) is 24.8 Å². The number of nitrogens with one attached hydrogen (secondary N) is 2. The number of carbonyl (C=O) groups is 2. The van der Waals surface area contributed by atoms with Crippen LogP contribution in [0.25, 0.3) is 21.5 Å². The minimum Gasteiger partial charge on any atom is -0.395 e. The Balaban J connectivity index is 1.29. The Bertz CT molecular complexity index is 1810. The second-order valence-corrected chi connectivity index (χ2v) is 12.7. The van der Waals surface area contributed by atoms with Crippen LogP contribution in [-0.2, 0) is 17.9 Å². The number of hydrogen-bond acceptors (Lipinski definition) is 8. The SMILES string of the molecule is C[C@H](CO)NCc1ccc2c(c1)nc(NC(=O)c1ccc(-c3ccnc(F)c3)s1)n2C[C@H]1CCCN1C(=O)C(C#N)=CC1CC1. The Labute approximate surface area is 264 Å².